The van der Waals surface area contributed by atoms with Crippen LogP contribution in [0.5, 0.6) is 0 Å². The van der Waals surface area contributed by atoms with Gasteiger partial charge in [-0.05, 0) is 43.4 Å². The molecule has 1 aromatic rings. The molecule has 30 heavy (non-hydrogen) atoms. The van der Waals surface area contributed by atoms with E-state index in [0.717, 1.165) is 36.9 Å². The van der Waals surface area contributed by atoms with Crippen molar-refractivity contribution in [3.8, 4) is 0 Å². The van der Waals surface area contributed by atoms with E-state index in [1.54, 1.807) is 11.8 Å². The highest BCUT2D eigenvalue weighted by atomic mass is 32.2. The maximum absolute atomic E-state index is 12.4. The van der Waals surface area contributed by atoms with Gasteiger partial charge in [0.1, 0.15) is 0 Å². The molecule has 0 saturated carbocycles. The van der Waals surface area contributed by atoms with Crippen LogP contribution >= 0.6 is 11.8 Å². The van der Waals surface area contributed by atoms with Crippen LogP contribution in [0.1, 0.15) is 63.5 Å². The number of thioether (sulfide) groups is 1. The summed E-state index contributed by atoms with van der Waals surface area (Å²) in [5, 5.41) is 10.3. The number of unbranched alkanes of at least 4 members (excludes halogenated alkanes) is 3. The molecule has 2 atom stereocenters. The summed E-state index contributed by atoms with van der Waals surface area (Å²) in [7, 11) is -2.23. The number of hydrogen-bond acceptors (Lipinski definition) is 6. The molecule has 2 unspecified atom stereocenters. The van der Waals surface area contributed by atoms with Crippen LogP contribution in [0.25, 0.3) is 0 Å². The number of hydrogen-bond donors (Lipinski definition) is 1. The Labute approximate surface area is 184 Å². The third kappa shape index (κ3) is 7.72. The fourth-order valence-electron chi connectivity index (χ4n) is 3.36. The Morgan fingerprint density at radius 2 is 1.97 bits per heavy atom. The topological polar surface area (TPSA) is 83.9 Å². The molecule has 168 valence electrons. The molecule has 1 N–H and O–H groups in total. The lowest BCUT2D eigenvalue weighted by Gasteiger charge is -2.23. The first-order valence-electron chi connectivity index (χ1n) is 10.5. The van der Waals surface area contributed by atoms with Crippen LogP contribution in [0.3, 0.4) is 0 Å². The zero-order chi connectivity index (χ0) is 22.0. The van der Waals surface area contributed by atoms with Gasteiger partial charge >= 0.3 is 0 Å². The second-order valence-corrected chi connectivity index (χ2v) is 10.4. The zero-order valence-corrected chi connectivity index (χ0v) is 19.5. The van der Waals surface area contributed by atoms with Crippen molar-refractivity contribution in [2.24, 2.45) is 0 Å². The summed E-state index contributed by atoms with van der Waals surface area (Å²) in [6.07, 6.45) is 9.38. The number of rotatable bonds is 13. The van der Waals surface area contributed by atoms with Crippen LogP contribution < -0.4 is 4.90 Å². The normalized spacial score (nSPS) is 18.4. The highest BCUT2D eigenvalue weighted by Crippen LogP contribution is 2.33. The molecular weight excluding hydrogens is 422 g/mol. The number of carbonyl (C=O) groups is 1. The van der Waals surface area contributed by atoms with E-state index < -0.39 is 16.2 Å². The Morgan fingerprint density at radius 1 is 1.23 bits per heavy atom. The van der Waals surface area contributed by atoms with Gasteiger partial charge in [-0.15, -0.1) is 11.8 Å². The van der Waals surface area contributed by atoms with Crippen LogP contribution in [0, 0.1) is 0 Å². The first kappa shape index (κ1) is 24.9. The van der Waals surface area contributed by atoms with E-state index >= 15 is 0 Å². The summed E-state index contributed by atoms with van der Waals surface area (Å²) in [4.78, 5) is 14.2. The molecule has 1 saturated heterocycles. The SMILES string of the molecule is CCCCCC(O)c1ccc(N2C(=O)CSC2C/C=C\CCCS(=O)(=O)OC)cc1. The van der Waals surface area contributed by atoms with Gasteiger partial charge in [0.15, 0.2) is 0 Å². The third-order valence-corrected chi connectivity index (χ3v) is 7.61. The molecule has 1 aromatic carbocycles. The smallest absolute Gasteiger partial charge is 0.267 e. The fraction of sp³-hybridized carbons (Fsp3) is 0.591. The molecule has 0 aromatic heterocycles. The summed E-state index contributed by atoms with van der Waals surface area (Å²) >= 11 is 1.61. The molecule has 1 fully saturated rings. The van der Waals surface area contributed by atoms with Gasteiger partial charge < -0.3 is 5.11 Å². The zero-order valence-electron chi connectivity index (χ0n) is 17.8. The average molecular weight is 456 g/mol. The van der Waals surface area contributed by atoms with Crippen molar-refractivity contribution >= 4 is 33.5 Å². The number of aliphatic hydroxyl groups is 1. The number of anilines is 1. The quantitative estimate of drug-likeness (QED) is 0.269. The number of aliphatic hydroxyl groups excluding tert-OH is 1. The lowest BCUT2D eigenvalue weighted by molar-refractivity contribution is -0.115. The molecule has 0 bridgehead atoms. The highest BCUT2D eigenvalue weighted by Gasteiger charge is 2.32. The maximum Gasteiger partial charge on any atom is 0.267 e. The van der Waals surface area contributed by atoms with E-state index in [9.17, 15) is 18.3 Å². The summed E-state index contributed by atoms with van der Waals surface area (Å²) in [5.74, 6) is 0.542. The molecule has 2 rings (SSSR count). The van der Waals surface area contributed by atoms with Gasteiger partial charge in [0.2, 0.25) is 5.91 Å². The van der Waals surface area contributed by atoms with E-state index in [0.29, 0.717) is 25.0 Å². The Kier molecular flexibility index (Phi) is 10.4. The van der Waals surface area contributed by atoms with Gasteiger partial charge in [0.05, 0.1) is 30.1 Å². The van der Waals surface area contributed by atoms with Crippen molar-refractivity contribution in [1.82, 2.24) is 0 Å². The summed E-state index contributed by atoms with van der Waals surface area (Å²) < 4.78 is 27.0. The Hall–Kier alpha value is -1.35. The number of benzene rings is 1. The molecule has 1 heterocycles. The van der Waals surface area contributed by atoms with Crippen molar-refractivity contribution < 1.29 is 22.5 Å². The molecule has 1 aliphatic rings. The van der Waals surface area contributed by atoms with Crippen molar-refractivity contribution in [3.05, 3.63) is 42.0 Å². The van der Waals surface area contributed by atoms with Gasteiger partial charge in [-0.2, -0.15) is 8.42 Å². The lowest BCUT2D eigenvalue weighted by atomic mass is 10.0. The van der Waals surface area contributed by atoms with Crippen LogP contribution in [0.2, 0.25) is 0 Å². The average Bonchev–Trinajstić information content (AvgIpc) is 3.11. The molecule has 0 spiro atoms. The first-order valence-corrected chi connectivity index (χ1v) is 13.2. The van der Waals surface area contributed by atoms with Crippen LogP contribution in [0.15, 0.2) is 36.4 Å². The minimum absolute atomic E-state index is 0.00722. The molecule has 6 nitrogen and oxygen atoms in total. The fourth-order valence-corrected chi connectivity index (χ4v) is 5.16. The van der Waals surface area contributed by atoms with E-state index in [2.05, 4.69) is 11.1 Å². The minimum Gasteiger partial charge on any atom is -0.388 e. The van der Waals surface area contributed by atoms with Gasteiger partial charge in [-0.25, -0.2) is 0 Å². The summed E-state index contributed by atoms with van der Waals surface area (Å²) in [6, 6.07) is 7.64. The molecule has 0 aliphatic carbocycles. The summed E-state index contributed by atoms with van der Waals surface area (Å²) in [6.45, 7) is 2.14. The number of carbonyl (C=O) groups excluding carboxylic acids is 1. The largest absolute Gasteiger partial charge is 0.388 e. The van der Waals surface area contributed by atoms with E-state index in [-0.39, 0.29) is 17.0 Å². The molecular formula is C22H33NO5S2. The Morgan fingerprint density at radius 3 is 2.63 bits per heavy atom. The lowest BCUT2D eigenvalue weighted by Crippen LogP contribution is -2.32. The standard InChI is InChI=1S/C22H33NO5S2/c1-3-4-7-10-20(24)18-12-14-19(15-13-18)23-21(25)17-29-22(23)11-8-5-6-9-16-30(26,27)28-2/h5,8,12-15,20,22,24H,3-4,6-7,9-11,16-17H2,1-2H3/b8-5-. The van der Waals surface area contributed by atoms with Gasteiger partial charge in [-0.1, -0.05) is 50.5 Å². The number of nitrogens with zero attached hydrogens (tertiary/aromatic N) is 1. The predicted octanol–water partition coefficient (Wildman–Crippen LogP) is 4.41. The van der Waals surface area contributed by atoms with E-state index in [1.165, 1.54) is 7.11 Å². The summed E-state index contributed by atoms with van der Waals surface area (Å²) in [5.41, 5.74) is 1.73. The van der Waals surface area contributed by atoms with Gasteiger partial charge in [-0.3, -0.25) is 13.9 Å². The molecule has 1 aliphatic heterocycles. The molecule has 1 amide bonds. The predicted molar refractivity (Wildman–Crippen MR) is 123 cm³/mol. The second-order valence-electron chi connectivity index (χ2n) is 7.41. The highest BCUT2D eigenvalue weighted by molar-refractivity contribution is 8.01. The van der Waals surface area contributed by atoms with Crippen molar-refractivity contribution in [3.63, 3.8) is 0 Å². The van der Waals surface area contributed by atoms with Gasteiger partial charge in [0, 0.05) is 5.69 Å². The van der Waals surface area contributed by atoms with E-state index in [1.807, 2.05) is 41.3 Å². The second kappa shape index (κ2) is 12.5. The van der Waals surface area contributed by atoms with Crippen molar-refractivity contribution in [1.29, 1.82) is 0 Å². The Bertz CT molecular complexity index is 792. The number of allylic oxidation sites excluding steroid dienone is 1. The van der Waals surface area contributed by atoms with Crippen LogP contribution in [-0.4, -0.2) is 43.4 Å². The van der Waals surface area contributed by atoms with Crippen LogP contribution in [0.4, 0.5) is 5.69 Å². The van der Waals surface area contributed by atoms with Gasteiger partial charge in [0.25, 0.3) is 10.1 Å². The maximum atomic E-state index is 12.4. The minimum atomic E-state index is -3.40. The van der Waals surface area contributed by atoms with Crippen molar-refractivity contribution in [2.45, 2.75) is 63.3 Å². The number of amides is 1. The first-order chi connectivity index (χ1) is 14.4. The monoisotopic (exact) mass is 455 g/mol. The Balaban J connectivity index is 1.89. The third-order valence-electron chi connectivity index (χ3n) is 5.12. The molecule has 0 radical (unpaired) electrons. The van der Waals surface area contributed by atoms with E-state index in [4.69, 9.17) is 0 Å². The molecule has 8 heteroatoms. The van der Waals surface area contributed by atoms with Crippen molar-refractivity contribution in [2.75, 3.05) is 23.5 Å². The van der Waals surface area contributed by atoms with Crippen LogP contribution in [-0.2, 0) is 19.1 Å².